The summed E-state index contributed by atoms with van der Waals surface area (Å²) < 4.78 is 0. The standard InChI is InChI=1S/C24H21N3O2/c1-17-7-5-10-19-13-21(23(28)26-22(17)19)16-27(15-18-8-3-2-4-9-18)24(29)20-11-6-12-25-14-20/h2-14H,15-16H2,1H3,(H,26,28). The summed E-state index contributed by atoms with van der Waals surface area (Å²) in [5.74, 6) is -0.161. The predicted octanol–water partition coefficient (Wildman–Crippen LogP) is 4.07. The van der Waals surface area contributed by atoms with E-state index in [1.54, 1.807) is 29.4 Å². The number of nitrogens with zero attached hydrogens (tertiary/aromatic N) is 2. The maximum Gasteiger partial charge on any atom is 0.256 e. The first-order chi connectivity index (χ1) is 14.1. The Bertz CT molecular complexity index is 1200. The molecule has 2 heterocycles. The summed E-state index contributed by atoms with van der Waals surface area (Å²) in [6.07, 6.45) is 3.18. The molecule has 0 aliphatic carbocycles. The smallest absolute Gasteiger partial charge is 0.256 e. The molecule has 0 saturated heterocycles. The van der Waals surface area contributed by atoms with Gasteiger partial charge in [0.2, 0.25) is 0 Å². The molecule has 0 fully saturated rings. The van der Waals surface area contributed by atoms with Crippen LogP contribution in [0.15, 0.2) is 83.9 Å². The molecule has 29 heavy (non-hydrogen) atoms. The zero-order valence-corrected chi connectivity index (χ0v) is 16.1. The number of fused-ring (bicyclic) bond motifs is 1. The van der Waals surface area contributed by atoms with Crippen LogP contribution >= 0.6 is 0 Å². The van der Waals surface area contributed by atoms with Crippen LogP contribution in [0.1, 0.15) is 27.0 Å². The molecule has 0 aliphatic heterocycles. The van der Waals surface area contributed by atoms with Crippen LogP contribution in [0, 0.1) is 6.92 Å². The molecule has 5 heteroatoms. The molecular weight excluding hydrogens is 362 g/mol. The van der Waals surface area contributed by atoms with E-state index in [1.807, 2.05) is 61.5 Å². The summed E-state index contributed by atoms with van der Waals surface area (Å²) in [4.78, 5) is 34.6. The van der Waals surface area contributed by atoms with Crippen LogP contribution < -0.4 is 5.56 Å². The largest absolute Gasteiger partial charge is 0.330 e. The molecule has 4 rings (SSSR count). The number of para-hydroxylation sites is 1. The fourth-order valence-electron chi connectivity index (χ4n) is 3.43. The summed E-state index contributed by atoms with van der Waals surface area (Å²) >= 11 is 0. The molecule has 0 unspecified atom stereocenters. The average Bonchev–Trinajstić information content (AvgIpc) is 2.75. The van der Waals surface area contributed by atoms with Gasteiger partial charge in [-0.15, -0.1) is 0 Å². The maximum atomic E-state index is 13.2. The third-order valence-electron chi connectivity index (χ3n) is 4.94. The van der Waals surface area contributed by atoms with Gasteiger partial charge in [-0.3, -0.25) is 14.6 Å². The number of benzene rings is 2. The minimum absolute atomic E-state index is 0.161. The fourth-order valence-corrected chi connectivity index (χ4v) is 3.43. The van der Waals surface area contributed by atoms with Crippen molar-refractivity contribution in [2.24, 2.45) is 0 Å². The van der Waals surface area contributed by atoms with Gasteiger partial charge in [-0.05, 0) is 41.6 Å². The number of amides is 1. The molecule has 0 aliphatic rings. The van der Waals surface area contributed by atoms with Crippen LogP contribution in [0.4, 0.5) is 0 Å². The Labute approximate surface area is 168 Å². The van der Waals surface area contributed by atoms with Gasteiger partial charge >= 0.3 is 0 Å². The Morgan fingerprint density at radius 2 is 1.83 bits per heavy atom. The van der Waals surface area contributed by atoms with Crippen LogP contribution in [0.3, 0.4) is 0 Å². The number of aryl methyl sites for hydroxylation is 1. The van der Waals surface area contributed by atoms with Gasteiger partial charge in [-0.25, -0.2) is 0 Å². The number of H-pyrrole nitrogens is 1. The van der Waals surface area contributed by atoms with E-state index < -0.39 is 0 Å². The number of pyridine rings is 2. The lowest BCUT2D eigenvalue weighted by molar-refractivity contribution is 0.0729. The summed E-state index contributed by atoms with van der Waals surface area (Å²) in [5, 5.41) is 0.952. The van der Waals surface area contributed by atoms with Crippen LogP contribution in [0.25, 0.3) is 10.9 Å². The molecule has 2 aromatic carbocycles. The van der Waals surface area contributed by atoms with Crippen LogP contribution in [-0.2, 0) is 13.1 Å². The number of carbonyl (C=O) groups excluding carboxylic acids is 1. The van der Waals surface area contributed by atoms with Gasteiger partial charge in [-0.2, -0.15) is 0 Å². The van der Waals surface area contributed by atoms with E-state index in [0.29, 0.717) is 17.7 Å². The summed E-state index contributed by atoms with van der Waals surface area (Å²) in [7, 11) is 0. The highest BCUT2D eigenvalue weighted by molar-refractivity contribution is 5.94. The van der Waals surface area contributed by atoms with Crippen molar-refractivity contribution in [3.8, 4) is 0 Å². The lowest BCUT2D eigenvalue weighted by Gasteiger charge is -2.23. The molecule has 0 atom stereocenters. The molecule has 1 amide bonds. The Kier molecular flexibility index (Phi) is 5.20. The van der Waals surface area contributed by atoms with Crippen molar-refractivity contribution in [3.05, 3.63) is 112 Å². The van der Waals surface area contributed by atoms with Crippen LogP contribution in [0.5, 0.6) is 0 Å². The van der Waals surface area contributed by atoms with E-state index in [2.05, 4.69) is 9.97 Å². The summed E-state index contributed by atoms with van der Waals surface area (Å²) in [6, 6.07) is 21.0. The summed E-state index contributed by atoms with van der Waals surface area (Å²) in [5.41, 5.74) is 3.71. The molecule has 144 valence electrons. The van der Waals surface area contributed by atoms with Crippen molar-refractivity contribution in [1.29, 1.82) is 0 Å². The second-order valence-electron chi connectivity index (χ2n) is 7.05. The first-order valence-electron chi connectivity index (χ1n) is 9.46. The molecule has 0 bridgehead atoms. The molecule has 1 N–H and O–H groups in total. The van der Waals surface area contributed by atoms with Crippen molar-refractivity contribution in [1.82, 2.24) is 14.9 Å². The topological polar surface area (TPSA) is 66.1 Å². The zero-order valence-electron chi connectivity index (χ0n) is 16.1. The van der Waals surface area contributed by atoms with E-state index in [-0.39, 0.29) is 18.0 Å². The Morgan fingerprint density at radius 3 is 2.59 bits per heavy atom. The highest BCUT2D eigenvalue weighted by Gasteiger charge is 2.18. The Morgan fingerprint density at radius 1 is 1.00 bits per heavy atom. The third kappa shape index (κ3) is 4.09. The van der Waals surface area contributed by atoms with Gasteiger partial charge in [0.15, 0.2) is 0 Å². The SMILES string of the molecule is Cc1cccc2cc(CN(Cc3ccccc3)C(=O)c3cccnc3)c(=O)[nH]c12. The molecule has 0 radical (unpaired) electrons. The van der Waals surface area contributed by atoms with E-state index >= 15 is 0 Å². The second-order valence-corrected chi connectivity index (χ2v) is 7.05. The highest BCUT2D eigenvalue weighted by Crippen LogP contribution is 2.17. The van der Waals surface area contributed by atoms with E-state index in [0.717, 1.165) is 22.0 Å². The molecular formula is C24H21N3O2. The lowest BCUT2D eigenvalue weighted by atomic mass is 10.1. The van der Waals surface area contributed by atoms with Gasteiger partial charge in [0, 0.05) is 24.5 Å². The molecule has 4 aromatic rings. The summed E-state index contributed by atoms with van der Waals surface area (Å²) in [6.45, 7) is 2.58. The number of nitrogens with one attached hydrogen (secondary N) is 1. The van der Waals surface area contributed by atoms with Crippen molar-refractivity contribution < 1.29 is 4.79 Å². The average molecular weight is 383 g/mol. The number of carbonyl (C=O) groups is 1. The van der Waals surface area contributed by atoms with Crippen molar-refractivity contribution in [2.45, 2.75) is 20.0 Å². The minimum Gasteiger partial charge on any atom is -0.330 e. The van der Waals surface area contributed by atoms with Crippen molar-refractivity contribution in [2.75, 3.05) is 0 Å². The van der Waals surface area contributed by atoms with Gasteiger partial charge < -0.3 is 9.88 Å². The van der Waals surface area contributed by atoms with Crippen molar-refractivity contribution in [3.63, 3.8) is 0 Å². The van der Waals surface area contributed by atoms with E-state index in [4.69, 9.17) is 0 Å². The Hall–Kier alpha value is -3.73. The number of hydrogen-bond donors (Lipinski definition) is 1. The van der Waals surface area contributed by atoms with Crippen LogP contribution in [-0.4, -0.2) is 20.8 Å². The third-order valence-corrected chi connectivity index (χ3v) is 4.94. The maximum absolute atomic E-state index is 13.2. The van der Waals surface area contributed by atoms with Gasteiger partial charge in [-0.1, -0.05) is 48.5 Å². The van der Waals surface area contributed by atoms with Gasteiger partial charge in [0.25, 0.3) is 11.5 Å². The normalized spacial score (nSPS) is 10.8. The highest BCUT2D eigenvalue weighted by atomic mass is 16.2. The first kappa shape index (κ1) is 18.6. The van der Waals surface area contributed by atoms with Crippen LogP contribution in [0.2, 0.25) is 0 Å². The number of rotatable bonds is 5. The fraction of sp³-hybridized carbons (Fsp3) is 0.125. The minimum atomic E-state index is -0.177. The predicted molar refractivity (Wildman–Crippen MR) is 114 cm³/mol. The quantitative estimate of drug-likeness (QED) is 0.565. The Balaban J connectivity index is 1.71. The van der Waals surface area contributed by atoms with E-state index in [1.165, 1.54) is 0 Å². The lowest BCUT2D eigenvalue weighted by Crippen LogP contribution is -2.32. The molecule has 0 saturated carbocycles. The van der Waals surface area contributed by atoms with E-state index in [9.17, 15) is 9.59 Å². The monoisotopic (exact) mass is 383 g/mol. The molecule has 5 nitrogen and oxygen atoms in total. The van der Waals surface area contributed by atoms with Crippen molar-refractivity contribution >= 4 is 16.8 Å². The number of aromatic amines is 1. The molecule has 0 spiro atoms. The number of aromatic nitrogens is 2. The number of hydrogen-bond acceptors (Lipinski definition) is 3. The van der Waals surface area contributed by atoms with Gasteiger partial charge in [0.05, 0.1) is 17.6 Å². The van der Waals surface area contributed by atoms with Gasteiger partial charge in [0.1, 0.15) is 0 Å². The molecule has 2 aromatic heterocycles. The zero-order chi connectivity index (χ0) is 20.2. The first-order valence-corrected chi connectivity index (χ1v) is 9.46. The second kappa shape index (κ2) is 8.10.